The van der Waals surface area contributed by atoms with Crippen molar-refractivity contribution < 1.29 is 5.11 Å². The van der Waals surface area contributed by atoms with Crippen LogP contribution in [0.2, 0.25) is 0 Å². The normalized spacial score (nSPS) is 12.5. The largest absolute Gasteiger partial charge is 0.506 e. The molecule has 2 nitrogen and oxygen atoms in total. The maximum atomic E-state index is 9.88. The van der Waals surface area contributed by atoms with E-state index in [1.807, 2.05) is 19.1 Å². The molecule has 0 aliphatic carbocycles. The quantitative estimate of drug-likeness (QED) is 0.571. The van der Waals surface area contributed by atoms with Gasteiger partial charge in [-0.2, -0.15) is 0 Å². The third-order valence-electron chi connectivity index (χ3n) is 2.03. The van der Waals surface area contributed by atoms with Crippen LogP contribution in [-0.2, 0) is 0 Å². The summed E-state index contributed by atoms with van der Waals surface area (Å²) in [5.41, 5.74) is 7.83. The Morgan fingerprint density at radius 2 is 2.13 bits per heavy atom. The van der Waals surface area contributed by atoms with Crippen LogP contribution in [0.4, 0.5) is 0 Å². The Balaban J connectivity index is 3.07. The van der Waals surface area contributed by atoms with Crippen molar-refractivity contribution in [2.45, 2.75) is 19.4 Å². The van der Waals surface area contributed by atoms with E-state index >= 15 is 0 Å². The highest BCUT2D eigenvalue weighted by molar-refractivity contribution is 14.1. The van der Waals surface area contributed by atoms with Crippen LogP contribution in [0.1, 0.15) is 24.9 Å². The Morgan fingerprint density at radius 3 is 2.67 bits per heavy atom. The van der Waals surface area contributed by atoms with Crippen molar-refractivity contribution in [1.29, 1.82) is 0 Å². The minimum atomic E-state index is -0.175. The van der Waals surface area contributed by atoms with Crippen molar-refractivity contribution in [3.05, 3.63) is 37.0 Å². The Kier molecular flexibility index (Phi) is 4.85. The minimum absolute atomic E-state index is 0.175. The Labute approximate surface area is 117 Å². The molecule has 0 fully saturated rings. The molecule has 4 heteroatoms. The highest BCUT2D eigenvalue weighted by Crippen LogP contribution is 2.32. The Hall–Kier alpha value is 0.180. The fraction of sp³-hybridized carbons (Fsp3) is 0.273. The molecule has 0 heterocycles. The van der Waals surface area contributed by atoms with Crippen molar-refractivity contribution in [2.24, 2.45) is 5.73 Å². The summed E-state index contributed by atoms with van der Waals surface area (Å²) in [7, 11) is 0. The standard InChI is InChI=1S/C11H13I2NO/c1-6(2)3-10(14)8-4-7(12)5-9(13)11(8)15/h4-5,10,15H,1,3,14H2,2H3/t10-/m1/s1. The first kappa shape index (κ1) is 13.2. The highest BCUT2D eigenvalue weighted by atomic mass is 127. The molecule has 82 valence electrons. The summed E-state index contributed by atoms with van der Waals surface area (Å²) in [5, 5.41) is 9.88. The number of hydrogen-bond donors (Lipinski definition) is 2. The predicted octanol–water partition coefficient (Wildman–Crippen LogP) is 3.57. The molecule has 1 aromatic carbocycles. The zero-order valence-corrected chi connectivity index (χ0v) is 12.7. The number of rotatable bonds is 3. The molecule has 1 atom stereocenters. The molecule has 15 heavy (non-hydrogen) atoms. The van der Waals surface area contributed by atoms with Crippen molar-refractivity contribution in [2.75, 3.05) is 0 Å². The first-order chi connectivity index (χ1) is 6.91. The van der Waals surface area contributed by atoms with Crippen molar-refractivity contribution in [3.8, 4) is 5.75 Å². The SMILES string of the molecule is C=C(C)C[C@@H](N)c1cc(I)cc(I)c1O. The topological polar surface area (TPSA) is 46.2 Å². The molecular formula is C11H13I2NO. The molecule has 0 spiro atoms. The fourth-order valence-corrected chi connectivity index (χ4v) is 3.24. The maximum Gasteiger partial charge on any atom is 0.133 e. The lowest BCUT2D eigenvalue weighted by atomic mass is 10.0. The Morgan fingerprint density at radius 1 is 1.53 bits per heavy atom. The van der Waals surface area contributed by atoms with Gasteiger partial charge in [-0.05, 0) is 70.7 Å². The molecule has 0 amide bonds. The van der Waals surface area contributed by atoms with Crippen LogP contribution in [-0.4, -0.2) is 5.11 Å². The van der Waals surface area contributed by atoms with E-state index in [1.54, 1.807) is 0 Å². The van der Waals surface area contributed by atoms with Gasteiger partial charge >= 0.3 is 0 Å². The zero-order chi connectivity index (χ0) is 11.6. The lowest BCUT2D eigenvalue weighted by molar-refractivity contribution is 0.457. The van der Waals surface area contributed by atoms with E-state index in [-0.39, 0.29) is 6.04 Å². The number of benzene rings is 1. The van der Waals surface area contributed by atoms with Crippen LogP contribution in [0.15, 0.2) is 24.3 Å². The van der Waals surface area contributed by atoms with Gasteiger partial charge in [-0.15, -0.1) is 6.58 Å². The van der Waals surface area contributed by atoms with E-state index in [9.17, 15) is 5.11 Å². The number of phenols is 1. The van der Waals surface area contributed by atoms with Crippen LogP contribution in [0.3, 0.4) is 0 Å². The summed E-state index contributed by atoms with van der Waals surface area (Å²) < 4.78 is 1.92. The molecule has 0 saturated carbocycles. The molecule has 0 unspecified atom stereocenters. The van der Waals surface area contributed by atoms with Crippen LogP contribution in [0, 0.1) is 7.14 Å². The van der Waals surface area contributed by atoms with Gasteiger partial charge in [0.1, 0.15) is 5.75 Å². The van der Waals surface area contributed by atoms with Crippen molar-refractivity contribution >= 4 is 45.2 Å². The van der Waals surface area contributed by atoms with E-state index in [0.717, 1.165) is 18.3 Å². The number of aromatic hydroxyl groups is 1. The van der Waals surface area contributed by atoms with Gasteiger partial charge in [-0.25, -0.2) is 0 Å². The van der Waals surface area contributed by atoms with Crippen LogP contribution < -0.4 is 5.73 Å². The van der Waals surface area contributed by atoms with E-state index < -0.39 is 0 Å². The number of hydrogen-bond acceptors (Lipinski definition) is 2. The van der Waals surface area contributed by atoms with Crippen LogP contribution >= 0.6 is 45.2 Å². The van der Waals surface area contributed by atoms with E-state index in [4.69, 9.17) is 5.73 Å². The second-order valence-corrected chi connectivity index (χ2v) is 6.00. The first-order valence-electron chi connectivity index (χ1n) is 4.49. The average Bonchev–Trinajstić information content (AvgIpc) is 2.09. The number of phenolic OH excluding ortho intramolecular Hbond substituents is 1. The second-order valence-electron chi connectivity index (χ2n) is 3.59. The average molecular weight is 429 g/mol. The van der Waals surface area contributed by atoms with Gasteiger partial charge in [0.05, 0.1) is 3.57 Å². The highest BCUT2D eigenvalue weighted by Gasteiger charge is 2.14. The molecule has 0 bridgehead atoms. The molecule has 0 saturated heterocycles. The lowest BCUT2D eigenvalue weighted by Gasteiger charge is -2.15. The first-order valence-corrected chi connectivity index (χ1v) is 6.65. The molecule has 1 rings (SSSR count). The molecule has 0 aromatic heterocycles. The van der Waals surface area contributed by atoms with Crippen molar-refractivity contribution in [1.82, 2.24) is 0 Å². The summed E-state index contributed by atoms with van der Waals surface area (Å²) in [4.78, 5) is 0. The van der Waals surface area contributed by atoms with Crippen molar-refractivity contribution in [3.63, 3.8) is 0 Å². The second kappa shape index (κ2) is 5.49. The maximum absolute atomic E-state index is 9.88. The summed E-state index contributed by atoms with van der Waals surface area (Å²) in [5.74, 6) is 0.296. The smallest absolute Gasteiger partial charge is 0.133 e. The van der Waals surface area contributed by atoms with E-state index in [0.29, 0.717) is 12.2 Å². The summed E-state index contributed by atoms with van der Waals surface area (Å²) in [6.07, 6.45) is 0.698. The van der Waals surface area contributed by atoms with Gasteiger partial charge in [-0.3, -0.25) is 0 Å². The third-order valence-corrected chi connectivity index (χ3v) is 3.47. The van der Waals surface area contributed by atoms with Crippen LogP contribution in [0.5, 0.6) is 5.75 Å². The Bertz CT molecular complexity index is 390. The zero-order valence-electron chi connectivity index (χ0n) is 8.43. The summed E-state index contributed by atoms with van der Waals surface area (Å²) >= 11 is 4.33. The number of nitrogens with two attached hydrogens (primary N) is 1. The van der Waals surface area contributed by atoms with E-state index in [2.05, 4.69) is 51.8 Å². The molecular weight excluding hydrogens is 416 g/mol. The molecule has 0 aliphatic rings. The molecule has 0 radical (unpaired) electrons. The van der Waals surface area contributed by atoms with Gasteiger partial charge in [0, 0.05) is 15.2 Å². The predicted molar refractivity (Wildman–Crippen MR) is 79.9 cm³/mol. The third kappa shape index (κ3) is 3.60. The van der Waals surface area contributed by atoms with E-state index in [1.165, 1.54) is 0 Å². The molecule has 0 aliphatic heterocycles. The van der Waals surface area contributed by atoms with Gasteiger partial charge in [0.25, 0.3) is 0 Å². The fourth-order valence-electron chi connectivity index (χ4n) is 1.35. The van der Waals surface area contributed by atoms with Gasteiger partial charge in [0.2, 0.25) is 0 Å². The summed E-state index contributed by atoms with van der Waals surface area (Å²) in [6, 6.07) is 3.67. The molecule has 1 aromatic rings. The number of halogens is 2. The lowest BCUT2D eigenvalue weighted by Crippen LogP contribution is -2.11. The monoisotopic (exact) mass is 429 g/mol. The molecule has 3 N–H and O–H groups in total. The van der Waals surface area contributed by atoms with Gasteiger partial charge in [0.15, 0.2) is 0 Å². The minimum Gasteiger partial charge on any atom is -0.506 e. The summed E-state index contributed by atoms with van der Waals surface area (Å²) in [6.45, 7) is 5.77. The van der Waals surface area contributed by atoms with Crippen LogP contribution in [0.25, 0.3) is 0 Å². The van der Waals surface area contributed by atoms with Gasteiger partial charge < -0.3 is 10.8 Å². The van der Waals surface area contributed by atoms with Gasteiger partial charge in [-0.1, -0.05) is 5.57 Å².